The summed E-state index contributed by atoms with van der Waals surface area (Å²) in [5, 5.41) is 10.9. The molecule has 0 amide bonds. The van der Waals surface area contributed by atoms with E-state index in [0.29, 0.717) is 18.7 Å². The van der Waals surface area contributed by atoms with Crippen LogP contribution in [0.15, 0.2) is 22.8 Å². The van der Waals surface area contributed by atoms with Crippen molar-refractivity contribution in [1.82, 2.24) is 5.32 Å². The highest BCUT2D eigenvalue weighted by Crippen LogP contribution is 2.24. The SMILES string of the molecule is N#CC(CNCCc1ccco1)C(F)(F)F. The average Bonchev–Trinajstić information content (AvgIpc) is 2.68. The first-order chi connectivity index (χ1) is 7.54. The van der Waals surface area contributed by atoms with Gasteiger partial charge in [0, 0.05) is 19.5 Å². The van der Waals surface area contributed by atoms with Crippen molar-refractivity contribution in [3.63, 3.8) is 0 Å². The predicted molar refractivity (Wildman–Crippen MR) is 50.4 cm³/mol. The topological polar surface area (TPSA) is 49.0 Å². The van der Waals surface area contributed by atoms with E-state index in [2.05, 4.69) is 5.32 Å². The van der Waals surface area contributed by atoms with Crippen molar-refractivity contribution < 1.29 is 17.6 Å². The molecule has 3 nitrogen and oxygen atoms in total. The smallest absolute Gasteiger partial charge is 0.405 e. The number of nitrogens with one attached hydrogen (secondary N) is 1. The Kier molecular flexibility index (Phi) is 4.38. The maximum Gasteiger partial charge on any atom is 0.405 e. The van der Waals surface area contributed by atoms with Crippen LogP contribution in [0.25, 0.3) is 0 Å². The molecule has 0 aliphatic carbocycles. The molecule has 1 heterocycles. The lowest BCUT2D eigenvalue weighted by Crippen LogP contribution is -2.33. The molecule has 1 aromatic rings. The van der Waals surface area contributed by atoms with E-state index >= 15 is 0 Å². The van der Waals surface area contributed by atoms with Gasteiger partial charge in [-0.1, -0.05) is 0 Å². The van der Waals surface area contributed by atoms with E-state index in [4.69, 9.17) is 9.68 Å². The zero-order valence-electron chi connectivity index (χ0n) is 8.42. The normalized spacial score (nSPS) is 13.4. The fourth-order valence-electron chi connectivity index (χ4n) is 1.15. The molecule has 0 aliphatic rings. The third-order valence-corrected chi connectivity index (χ3v) is 2.03. The Balaban J connectivity index is 2.22. The van der Waals surface area contributed by atoms with Crippen LogP contribution in [0.2, 0.25) is 0 Å². The third kappa shape index (κ3) is 3.95. The summed E-state index contributed by atoms with van der Waals surface area (Å²) in [6.45, 7) is -0.0392. The fourth-order valence-corrected chi connectivity index (χ4v) is 1.15. The molecule has 16 heavy (non-hydrogen) atoms. The number of nitrogens with zero attached hydrogens (tertiary/aromatic N) is 1. The van der Waals surface area contributed by atoms with Gasteiger partial charge in [0.2, 0.25) is 0 Å². The number of hydrogen-bond acceptors (Lipinski definition) is 3. The number of halogens is 3. The lowest BCUT2D eigenvalue weighted by atomic mass is 10.1. The molecular weight excluding hydrogens is 221 g/mol. The van der Waals surface area contributed by atoms with Crippen LogP contribution in [-0.4, -0.2) is 19.3 Å². The van der Waals surface area contributed by atoms with Crippen molar-refractivity contribution in [2.75, 3.05) is 13.1 Å². The second kappa shape index (κ2) is 5.56. The van der Waals surface area contributed by atoms with Crippen molar-refractivity contribution in [1.29, 1.82) is 5.26 Å². The second-order valence-electron chi connectivity index (χ2n) is 3.26. The fraction of sp³-hybridized carbons (Fsp3) is 0.500. The Morgan fingerprint density at radius 2 is 2.25 bits per heavy atom. The largest absolute Gasteiger partial charge is 0.469 e. The van der Waals surface area contributed by atoms with Gasteiger partial charge < -0.3 is 9.73 Å². The van der Waals surface area contributed by atoms with Crippen molar-refractivity contribution in [3.8, 4) is 6.07 Å². The Hall–Kier alpha value is -1.48. The number of alkyl halides is 3. The van der Waals surface area contributed by atoms with E-state index in [1.165, 1.54) is 12.3 Å². The van der Waals surface area contributed by atoms with E-state index in [1.807, 2.05) is 0 Å². The van der Waals surface area contributed by atoms with Crippen molar-refractivity contribution in [3.05, 3.63) is 24.2 Å². The minimum absolute atomic E-state index is 0.349. The van der Waals surface area contributed by atoms with Gasteiger partial charge in [0.15, 0.2) is 5.92 Å². The maximum absolute atomic E-state index is 12.1. The Labute approximate surface area is 90.9 Å². The quantitative estimate of drug-likeness (QED) is 0.791. The molecule has 1 unspecified atom stereocenters. The number of rotatable bonds is 5. The first kappa shape index (κ1) is 12.6. The maximum atomic E-state index is 12.1. The molecule has 0 aliphatic heterocycles. The molecule has 0 bridgehead atoms. The zero-order chi connectivity index (χ0) is 12.0. The van der Waals surface area contributed by atoms with Gasteiger partial charge in [0.25, 0.3) is 0 Å². The van der Waals surface area contributed by atoms with Crippen LogP contribution in [0.5, 0.6) is 0 Å². The first-order valence-corrected chi connectivity index (χ1v) is 4.73. The molecule has 1 N–H and O–H groups in total. The number of nitriles is 1. The lowest BCUT2D eigenvalue weighted by molar-refractivity contribution is -0.157. The molecule has 0 spiro atoms. The molecule has 88 valence electrons. The molecule has 0 saturated heterocycles. The summed E-state index contributed by atoms with van der Waals surface area (Å²) in [4.78, 5) is 0. The standard InChI is InChI=1S/C10H11F3N2O/c11-10(12,13)8(6-14)7-15-4-3-9-2-1-5-16-9/h1-2,5,8,15H,3-4,7H2. The van der Waals surface area contributed by atoms with Crippen LogP contribution >= 0.6 is 0 Å². The van der Waals surface area contributed by atoms with Crippen LogP contribution in [0, 0.1) is 17.2 Å². The third-order valence-electron chi connectivity index (χ3n) is 2.03. The summed E-state index contributed by atoms with van der Waals surface area (Å²) in [7, 11) is 0. The zero-order valence-corrected chi connectivity index (χ0v) is 8.42. The Bertz CT molecular complexity index is 340. The van der Waals surface area contributed by atoms with Gasteiger partial charge in [-0.15, -0.1) is 0 Å². The summed E-state index contributed by atoms with van der Waals surface area (Å²) in [6, 6.07) is 4.68. The second-order valence-corrected chi connectivity index (χ2v) is 3.26. The summed E-state index contributed by atoms with van der Waals surface area (Å²) in [5.41, 5.74) is 0. The summed E-state index contributed by atoms with van der Waals surface area (Å²) in [6.07, 6.45) is -2.46. The predicted octanol–water partition coefficient (Wildman–Crippen LogP) is 2.11. The highest BCUT2D eigenvalue weighted by atomic mass is 19.4. The van der Waals surface area contributed by atoms with E-state index in [-0.39, 0.29) is 6.54 Å². The Morgan fingerprint density at radius 3 is 2.75 bits per heavy atom. The van der Waals surface area contributed by atoms with Crippen LogP contribution in [0.1, 0.15) is 5.76 Å². The summed E-state index contributed by atoms with van der Waals surface area (Å²) in [5.74, 6) is -1.25. The molecule has 0 saturated carbocycles. The molecule has 1 rings (SSSR count). The molecular formula is C10H11F3N2O. The van der Waals surface area contributed by atoms with E-state index in [9.17, 15) is 13.2 Å². The van der Waals surface area contributed by atoms with Crippen molar-refractivity contribution in [2.45, 2.75) is 12.6 Å². The minimum atomic E-state index is -4.47. The van der Waals surface area contributed by atoms with Gasteiger partial charge in [-0.2, -0.15) is 18.4 Å². The lowest BCUT2D eigenvalue weighted by Gasteiger charge is -2.13. The molecule has 0 aromatic carbocycles. The highest BCUT2D eigenvalue weighted by molar-refractivity contribution is 4.98. The molecule has 6 heteroatoms. The number of hydrogen-bond donors (Lipinski definition) is 1. The molecule has 1 atom stereocenters. The van der Waals surface area contributed by atoms with Gasteiger partial charge in [0.05, 0.1) is 12.3 Å². The van der Waals surface area contributed by atoms with Gasteiger partial charge in [-0.05, 0) is 12.1 Å². The number of furan rings is 1. The van der Waals surface area contributed by atoms with Gasteiger partial charge in [-0.3, -0.25) is 0 Å². The van der Waals surface area contributed by atoms with Crippen molar-refractivity contribution >= 4 is 0 Å². The van der Waals surface area contributed by atoms with E-state index in [0.717, 1.165) is 0 Å². The first-order valence-electron chi connectivity index (χ1n) is 4.73. The van der Waals surface area contributed by atoms with Crippen LogP contribution < -0.4 is 5.32 Å². The van der Waals surface area contributed by atoms with Crippen molar-refractivity contribution in [2.24, 2.45) is 5.92 Å². The van der Waals surface area contributed by atoms with Crippen LogP contribution in [0.4, 0.5) is 13.2 Å². The van der Waals surface area contributed by atoms with E-state index < -0.39 is 12.1 Å². The van der Waals surface area contributed by atoms with Gasteiger partial charge in [0.1, 0.15) is 5.76 Å². The van der Waals surface area contributed by atoms with E-state index in [1.54, 1.807) is 12.1 Å². The highest BCUT2D eigenvalue weighted by Gasteiger charge is 2.39. The minimum Gasteiger partial charge on any atom is -0.469 e. The average molecular weight is 232 g/mol. The molecule has 0 radical (unpaired) electrons. The van der Waals surface area contributed by atoms with Gasteiger partial charge >= 0.3 is 6.18 Å². The Morgan fingerprint density at radius 1 is 1.50 bits per heavy atom. The van der Waals surface area contributed by atoms with Gasteiger partial charge in [-0.25, -0.2) is 0 Å². The van der Waals surface area contributed by atoms with Crippen LogP contribution in [-0.2, 0) is 6.42 Å². The molecule has 1 aromatic heterocycles. The summed E-state index contributed by atoms with van der Waals surface area (Å²) < 4.78 is 41.4. The summed E-state index contributed by atoms with van der Waals surface area (Å²) >= 11 is 0. The monoisotopic (exact) mass is 232 g/mol. The van der Waals surface area contributed by atoms with Crippen LogP contribution in [0.3, 0.4) is 0 Å². The molecule has 0 fully saturated rings.